The third kappa shape index (κ3) is 8.38. The van der Waals surface area contributed by atoms with Crippen LogP contribution >= 0.6 is 0 Å². The van der Waals surface area contributed by atoms with Gasteiger partial charge in [-0.05, 0) is 43.1 Å². The Labute approximate surface area is 145 Å². The van der Waals surface area contributed by atoms with Gasteiger partial charge in [0.15, 0.2) is 0 Å². The summed E-state index contributed by atoms with van der Waals surface area (Å²) < 4.78 is 0. The summed E-state index contributed by atoms with van der Waals surface area (Å²) >= 11 is 0. The first-order valence-corrected chi connectivity index (χ1v) is 9.24. The van der Waals surface area contributed by atoms with Gasteiger partial charge in [0, 0.05) is 39.0 Å². The molecule has 1 aliphatic rings. The molecule has 0 unspecified atom stereocenters. The minimum absolute atomic E-state index is 1.00. The minimum Gasteiger partial charge on any atom is -0.400 e. The largest absolute Gasteiger partial charge is 0.400 e. The van der Waals surface area contributed by atoms with E-state index >= 15 is 0 Å². The Morgan fingerprint density at radius 3 is 1.74 bits per heavy atom. The van der Waals surface area contributed by atoms with E-state index in [1.54, 1.807) is 0 Å². The van der Waals surface area contributed by atoms with Crippen LogP contribution in [0.5, 0.6) is 0 Å². The Bertz CT molecular complexity index is 372. The Kier molecular flexibility index (Phi) is 16.6. The molecule has 1 N–H and O–H groups in total. The van der Waals surface area contributed by atoms with Gasteiger partial charge in [-0.2, -0.15) is 0 Å². The van der Waals surface area contributed by atoms with Crippen LogP contribution in [0.15, 0.2) is 18.2 Å². The van der Waals surface area contributed by atoms with Crippen LogP contribution in [0, 0.1) is 0 Å². The van der Waals surface area contributed by atoms with Crippen molar-refractivity contribution in [3.8, 4) is 0 Å². The van der Waals surface area contributed by atoms with Gasteiger partial charge in [-0.15, -0.1) is 0 Å². The van der Waals surface area contributed by atoms with Gasteiger partial charge in [-0.25, -0.2) is 0 Å². The summed E-state index contributed by atoms with van der Waals surface area (Å²) in [5, 5.41) is 7.00. The highest BCUT2D eigenvalue weighted by molar-refractivity contribution is 5.51. The first kappa shape index (κ1) is 24.2. The zero-order chi connectivity index (χ0) is 18.3. The van der Waals surface area contributed by atoms with E-state index in [-0.39, 0.29) is 0 Å². The molecule has 23 heavy (non-hydrogen) atoms. The lowest BCUT2D eigenvalue weighted by Gasteiger charge is -2.34. The number of piperazine rings is 1. The second-order valence-corrected chi connectivity index (χ2v) is 4.95. The maximum absolute atomic E-state index is 7.00. The van der Waals surface area contributed by atoms with Crippen LogP contribution in [-0.4, -0.2) is 50.3 Å². The average molecular weight is 325 g/mol. The Hall–Kier alpha value is -1.06. The normalized spacial score (nSPS) is 13.7. The molecular formula is C20H40N2O. The maximum Gasteiger partial charge on any atom is 0.0370 e. The van der Waals surface area contributed by atoms with Gasteiger partial charge >= 0.3 is 0 Å². The quantitative estimate of drug-likeness (QED) is 0.901. The molecule has 3 heteroatoms. The summed E-state index contributed by atoms with van der Waals surface area (Å²) in [6, 6.07) is 7.00. The smallest absolute Gasteiger partial charge is 0.0370 e. The van der Waals surface area contributed by atoms with Gasteiger partial charge in [0.25, 0.3) is 0 Å². The number of hydrogen-bond donors (Lipinski definition) is 1. The highest BCUT2D eigenvalue weighted by Gasteiger charge is 2.14. The summed E-state index contributed by atoms with van der Waals surface area (Å²) in [6.07, 6.45) is 2.29. The van der Waals surface area contributed by atoms with E-state index in [2.05, 4.69) is 48.9 Å². The predicted octanol–water partition coefficient (Wildman–Crippen LogP) is 4.22. The zero-order valence-electron chi connectivity index (χ0n) is 16.8. The molecule has 2 rings (SSSR count). The van der Waals surface area contributed by atoms with Crippen molar-refractivity contribution in [2.75, 3.05) is 45.2 Å². The van der Waals surface area contributed by atoms with Crippen LogP contribution in [-0.2, 0) is 12.8 Å². The van der Waals surface area contributed by atoms with Crippen molar-refractivity contribution in [2.45, 2.75) is 54.4 Å². The van der Waals surface area contributed by atoms with E-state index < -0.39 is 0 Å². The van der Waals surface area contributed by atoms with Crippen molar-refractivity contribution in [1.82, 2.24) is 4.90 Å². The fraction of sp³-hybridized carbons (Fsp3) is 0.700. The fourth-order valence-electron chi connectivity index (χ4n) is 2.55. The van der Waals surface area contributed by atoms with Gasteiger partial charge in [-0.3, -0.25) is 0 Å². The average Bonchev–Trinajstić information content (AvgIpc) is 2.66. The number of anilines is 1. The minimum atomic E-state index is 1.00. The number of likely N-dealkylation sites (N-methyl/N-ethyl adjacent to an activating group) is 1. The molecule has 0 spiro atoms. The van der Waals surface area contributed by atoms with Crippen molar-refractivity contribution in [3.63, 3.8) is 0 Å². The zero-order valence-corrected chi connectivity index (χ0v) is 16.8. The monoisotopic (exact) mass is 324 g/mol. The van der Waals surface area contributed by atoms with Gasteiger partial charge in [0.05, 0.1) is 0 Å². The first-order chi connectivity index (χ1) is 11.2. The lowest BCUT2D eigenvalue weighted by atomic mass is 10.0. The molecule has 0 aromatic heterocycles. The Morgan fingerprint density at radius 2 is 1.30 bits per heavy atom. The summed E-state index contributed by atoms with van der Waals surface area (Å²) in [7, 11) is 3.20. The number of nitrogens with zero attached hydrogens (tertiary/aromatic N) is 2. The lowest BCUT2D eigenvalue weighted by molar-refractivity contribution is 0.313. The molecule has 0 saturated carbocycles. The first-order valence-electron chi connectivity index (χ1n) is 9.24. The molecule has 0 atom stereocenters. The number of rotatable bonds is 3. The van der Waals surface area contributed by atoms with Crippen LogP contribution in [0.3, 0.4) is 0 Å². The molecule has 1 aromatic carbocycles. The molecule has 1 fully saturated rings. The van der Waals surface area contributed by atoms with Crippen molar-refractivity contribution >= 4 is 5.69 Å². The third-order valence-electron chi connectivity index (χ3n) is 3.82. The molecule has 1 aliphatic heterocycles. The number of aryl methyl sites for hydroxylation is 2. The molecule has 0 radical (unpaired) electrons. The van der Waals surface area contributed by atoms with Crippen LogP contribution in [0.1, 0.15) is 52.7 Å². The second-order valence-electron chi connectivity index (χ2n) is 4.95. The number of aliphatic hydroxyl groups is 1. The molecule has 3 nitrogen and oxygen atoms in total. The molecule has 0 aliphatic carbocycles. The van der Waals surface area contributed by atoms with E-state index in [1.807, 2.05) is 27.7 Å². The fourth-order valence-corrected chi connectivity index (χ4v) is 2.55. The van der Waals surface area contributed by atoms with Gasteiger partial charge in [-0.1, -0.05) is 47.6 Å². The third-order valence-corrected chi connectivity index (χ3v) is 3.82. The standard InChI is InChI=1S/C15H24N2.2C2H6.CH4O/c1-4-13-6-7-15(12-14(13)5-2)17-10-8-16(3)9-11-17;3*1-2/h6-7,12H,4-5,8-11H2,1-3H3;2*1-2H3;2H,1H3. The molecule has 1 saturated heterocycles. The van der Waals surface area contributed by atoms with Crippen molar-refractivity contribution in [2.24, 2.45) is 0 Å². The number of aliphatic hydroxyl groups excluding tert-OH is 1. The SMILES string of the molecule is CC.CC.CCc1ccc(N2CCN(C)CC2)cc1CC.CO. The lowest BCUT2D eigenvalue weighted by Crippen LogP contribution is -2.44. The summed E-state index contributed by atoms with van der Waals surface area (Å²) in [5.41, 5.74) is 4.43. The topological polar surface area (TPSA) is 26.7 Å². The summed E-state index contributed by atoms with van der Waals surface area (Å²) in [4.78, 5) is 4.91. The molecule has 136 valence electrons. The van der Waals surface area contributed by atoms with Crippen LogP contribution in [0.25, 0.3) is 0 Å². The van der Waals surface area contributed by atoms with Crippen molar-refractivity contribution in [3.05, 3.63) is 29.3 Å². The Balaban J connectivity index is 0. The van der Waals surface area contributed by atoms with E-state index in [1.165, 1.54) is 29.9 Å². The summed E-state index contributed by atoms with van der Waals surface area (Å²) in [5.74, 6) is 0. The van der Waals surface area contributed by atoms with E-state index in [0.717, 1.165) is 33.0 Å². The van der Waals surface area contributed by atoms with Crippen LogP contribution < -0.4 is 4.90 Å². The van der Waals surface area contributed by atoms with Gasteiger partial charge in [0.1, 0.15) is 0 Å². The van der Waals surface area contributed by atoms with Crippen molar-refractivity contribution < 1.29 is 5.11 Å². The van der Waals surface area contributed by atoms with E-state index in [4.69, 9.17) is 5.11 Å². The molecule has 0 amide bonds. The molecule has 0 bridgehead atoms. The highest BCUT2D eigenvalue weighted by Crippen LogP contribution is 2.21. The number of benzene rings is 1. The van der Waals surface area contributed by atoms with Crippen LogP contribution in [0.4, 0.5) is 5.69 Å². The summed E-state index contributed by atoms with van der Waals surface area (Å²) in [6.45, 7) is 17.2. The van der Waals surface area contributed by atoms with Gasteiger partial charge < -0.3 is 14.9 Å². The molecular weight excluding hydrogens is 284 g/mol. The molecule has 1 aromatic rings. The van der Waals surface area contributed by atoms with E-state index in [0.29, 0.717) is 0 Å². The second kappa shape index (κ2) is 15.8. The predicted molar refractivity (Wildman–Crippen MR) is 106 cm³/mol. The number of hydrogen-bond acceptors (Lipinski definition) is 3. The maximum atomic E-state index is 7.00. The van der Waals surface area contributed by atoms with Gasteiger partial charge in [0.2, 0.25) is 0 Å². The van der Waals surface area contributed by atoms with Crippen molar-refractivity contribution in [1.29, 1.82) is 0 Å². The highest BCUT2D eigenvalue weighted by atomic mass is 16.2. The molecule has 1 heterocycles. The van der Waals surface area contributed by atoms with Crippen LogP contribution in [0.2, 0.25) is 0 Å². The Morgan fingerprint density at radius 1 is 0.826 bits per heavy atom. The van der Waals surface area contributed by atoms with E-state index in [9.17, 15) is 0 Å².